The Morgan fingerprint density at radius 3 is 2.80 bits per heavy atom. The molecule has 0 amide bonds. The van der Waals surface area contributed by atoms with E-state index in [0.717, 1.165) is 11.4 Å². The van der Waals surface area contributed by atoms with Gasteiger partial charge in [0, 0.05) is 30.0 Å². The van der Waals surface area contributed by atoms with Gasteiger partial charge in [-0.2, -0.15) is 0 Å². The fourth-order valence-corrected chi connectivity index (χ4v) is 3.75. The van der Waals surface area contributed by atoms with Crippen molar-refractivity contribution in [1.82, 2.24) is 10.0 Å². The Balaban J connectivity index is 2.41. The van der Waals surface area contributed by atoms with E-state index in [2.05, 4.69) is 23.9 Å². The number of rotatable bonds is 10. The summed E-state index contributed by atoms with van der Waals surface area (Å²) in [6, 6.07) is 1.71. The maximum atomic E-state index is 12.0. The molecule has 1 rings (SSSR count). The molecule has 0 atom stereocenters. The first-order chi connectivity index (χ1) is 9.45. The average Bonchev–Trinajstić information content (AvgIpc) is 2.85. The minimum atomic E-state index is -3.41. The lowest BCUT2D eigenvalue weighted by atomic mass is 10.2. The number of ether oxygens (including phenoxy) is 1. The molecule has 20 heavy (non-hydrogen) atoms. The van der Waals surface area contributed by atoms with Crippen LogP contribution in [0.1, 0.15) is 25.6 Å². The summed E-state index contributed by atoms with van der Waals surface area (Å²) in [7, 11) is -3.41. The first-order valence-corrected chi connectivity index (χ1v) is 9.17. The number of nitrogens with one attached hydrogen (secondary N) is 2. The molecule has 7 heteroatoms. The first kappa shape index (κ1) is 17.6. The van der Waals surface area contributed by atoms with Crippen LogP contribution >= 0.6 is 11.3 Å². The molecule has 1 aromatic heterocycles. The topological polar surface area (TPSA) is 67.4 Å². The van der Waals surface area contributed by atoms with E-state index in [9.17, 15) is 8.42 Å². The lowest BCUT2D eigenvalue weighted by Crippen LogP contribution is -2.27. The summed E-state index contributed by atoms with van der Waals surface area (Å²) in [5.74, 6) is 0.456. The molecule has 0 saturated heterocycles. The second-order valence-electron chi connectivity index (χ2n) is 4.90. The van der Waals surface area contributed by atoms with Gasteiger partial charge in [-0.15, -0.1) is 11.3 Å². The molecule has 2 N–H and O–H groups in total. The summed E-state index contributed by atoms with van der Waals surface area (Å²) >= 11 is 1.45. The number of thiophene rings is 1. The minimum Gasteiger partial charge on any atom is -0.380 e. The van der Waals surface area contributed by atoms with Crippen LogP contribution in [0.5, 0.6) is 0 Å². The van der Waals surface area contributed by atoms with E-state index in [1.165, 1.54) is 11.3 Å². The van der Waals surface area contributed by atoms with Crippen molar-refractivity contribution >= 4 is 21.4 Å². The van der Waals surface area contributed by atoms with Crippen LogP contribution in [0.15, 0.2) is 16.3 Å². The molecule has 0 bridgehead atoms. The molecular weight excluding hydrogens is 296 g/mol. The summed E-state index contributed by atoms with van der Waals surface area (Å²) < 4.78 is 32.0. The number of hydrogen-bond acceptors (Lipinski definition) is 5. The van der Waals surface area contributed by atoms with Crippen LogP contribution in [0.25, 0.3) is 0 Å². The van der Waals surface area contributed by atoms with Crippen molar-refractivity contribution in [2.24, 2.45) is 5.92 Å². The summed E-state index contributed by atoms with van der Waals surface area (Å²) in [4.78, 5) is 1.35. The van der Waals surface area contributed by atoms with Gasteiger partial charge in [-0.1, -0.05) is 20.8 Å². The maximum Gasteiger partial charge on any atom is 0.241 e. The smallest absolute Gasteiger partial charge is 0.241 e. The Morgan fingerprint density at radius 1 is 1.40 bits per heavy atom. The van der Waals surface area contributed by atoms with Crippen molar-refractivity contribution in [3.05, 3.63) is 16.3 Å². The lowest BCUT2D eigenvalue weighted by Gasteiger charge is -2.07. The third-order valence-electron chi connectivity index (χ3n) is 2.48. The van der Waals surface area contributed by atoms with Crippen LogP contribution < -0.4 is 10.0 Å². The Hall–Kier alpha value is -0.470. The molecule has 0 aliphatic carbocycles. The van der Waals surface area contributed by atoms with Crippen LogP contribution in [0.4, 0.5) is 0 Å². The van der Waals surface area contributed by atoms with Crippen LogP contribution in [0.2, 0.25) is 0 Å². The normalized spacial score (nSPS) is 12.2. The van der Waals surface area contributed by atoms with Crippen molar-refractivity contribution in [3.63, 3.8) is 0 Å². The molecule has 5 nitrogen and oxygen atoms in total. The summed E-state index contributed by atoms with van der Waals surface area (Å²) in [5.41, 5.74) is 0. The molecule has 116 valence electrons. The monoisotopic (exact) mass is 320 g/mol. The van der Waals surface area contributed by atoms with E-state index in [-0.39, 0.29) is 0 Å². The predicted molar refractivity (Wildman–Crippen MR) is 82.5 cm³/mol. The molecule has 0 aromatic carbocycles. The van der Waals surface area contributed by atoms with Gasteiger partial charge in [-0.3, -0.25) is 0 Å². The second-order valence-corrected chi connectivity index (χ2v) is 7.66. The Labute approximate surface area is 125 Å². The van der Waals surface area contributed by atoms with E-state index < -0.39 is 10.0 Å². The fourth-order valence-electron chi connectivity index (χ4n) is 1.49. The van der Waals surface area contributed by atoms with E-state index in [1.54, 1.807) is 11.4 Å². The molecule has 0 saturated carbocycles. The van der Waals surface area contributed by atoms with Gasteiger partial charge in [0.1, 0.15) is 0 Å². The van der Waals surface area contributed by atoms with Crippen molar-refractivity contribution in [3.8, 4) is 0 Å². The molecule has 0 unspecified atom stereocenters. The number of hydrogen-bond donors (Lipinski definition) is 2. The van der Waals surface area contributed by atoms with Crippen molar-refractivity contribution in [1.29, 1.82) is 0 Å². The van der Waals surface area contributed by atoms with E-state index in [1.807, 2.05) is 6.92 Å². The van der Waals surface area contributed by atoms with E-state index >= 15 is 0 Å². The summed E-state index contributed by atoms with van der Waals surface area (Å²) in [5, 5.41) is 4.85. The second kappa shape index (κ2) is 8.74. The zero-order valence-corrected chi connectivity index (χ0v) is 13.9. The van der Waals surface area contributed by atoms with Gasteiger partial charge in [-0.05, 0) is 18.5 Å². The highest BCUT2D eigenvalue weighted by Gasteiger charge is 2.15. The third kappa shape index (κ3) is 6.32. The summed E-state index contributed by atoms with van der Waals surface area (Å²) in [6.07, 6.45) is 0. The van der Waals surface area contributed by atoms with Crippen molar-refractivity contribution < 1.29 is 13.2 Å². The molecule has 1 heterocycles. The van der Waals surface area contributed by atoms with Gasteiger partial charge in [-0.25, -0.2) is 13.1 Å². The maximum absolute atomic E-state index is 12.0. The van der Waals surface area contributed by atoms with Crippen LogP contribution in [0, 0.1) is 5.92 Å². The summed E-state index contributed by atoms with van der Waals surface area (Å²) in [6.45, 7) is 9.04. The standard InChI is InChI=1S/C13H24N2O3S2/c1-4-14-8-12-7-13(10-19-12)20(16,17)15-5-6-18-9-11(2)3/h7,10-11,14-15H,4-6,8-9H2,1-3H3. The SMILES string of the molecule is CCNCc1cc(S(=O)(=O)NCCOCC(C)C)cs1. The average molecular weight is 320 g/mol. The Morgan fingerprint density at radius 2 is 2.15 bits per heavy atom. The highest BCUT2D eigenvalue weighted by Crippen LogP contribution is 2.18. The van der Waals surface area contributed by atoms with Crippen LogP contribution in [0.3, 0.4) is 0 Å². The van der Waals surface area contributed by atoms with Crippen molar-refractivity contribution in [2.75, 3.05) is 26.3 Å². The van der Waals surface area contributed by atoms with E-state index in [0.29, 0.717) is 37.1 Å². The molecule has 0 spiro atoms. The highest BCUT2D eigenvalue weighted by atomic mass is 32.2. The van der Waals surface area contributed by atoms with Gasteiger partial charge in [0.05, 0.1) is 11.5 Å². The largest absolute Gasteiger partial charge is 0.380 e. The van der Waals surface area contributed by atoms with E-state index in [4.69, 9.17) is 4.74 Å². The highest BCUT2D eigenvalue weighted by molar-refractivity contribution is 7.89. The molecule has 0 radical (unpaired) electrons. The zero-order valence-electron chi connectivity index (χ0n) is 12.3. The first-order valence-electron chi connectivity index (χ1n) is 6.81. The molecular formula is C13H24N2O3S2. The lowest BCUT2D eigenvalue weighted by molar-refractivity contribution is 0.114. The fraction of sp³-hybridized carbons (Fsp3) is 0.692. The van der Waals surface area contributed by atoms with Crippen LogP contribution in [-0.2, 0) is 21.3 Å². The molecule has 1 aromatic rings. The van der Waals surface area contributed by atoms with Gasteiger partial charge in [0.25, 0.3) is 0 Å². The minimum absolute atomic E-state index is 0.299. The Kier molecular flexibility index (Phi) is 7.68. The number of sulfonamides is 1. The molecule has 0 aliphatic heterocycles. The molecule has 0 aliphatic rings. The quantitative estimate of drug-likeness (QED) is 0.645. The third-order valence-corrected chi connectivity index (χ3v) is 5.01. The predicted octanol–water partition coefficient (Wildman–Crippen LogP) is 1.81. The van der Waals surface area contributed by atoms with Gasteiger partial charge >= 0.3 is 0 Å². The van der Waals surface area contributed by atoms with Crippen molar-refractivity contribution in [2.45, 2.75) is 32.2 Å². The van der Waals surface area contributed by atoms with Gasteiger partial charge in [0.2, 0.25) is 10.0 Å². The zero-order chi connectivity index (χ0) is 15.0. The Bertz CT molecular complexity index is 484. The molecule has 0 fully saturated rings. The van der Waals surface area contributed by atoms with Crippen LogP contribution in [-0.4, -0.2) is 34.7 Å². The van der Waals surface area contributed by atoms with Gasteiger partial charge < -0.3 is 10.1 Å². The van der Waals surface area contributed by atoms with Gasteiger partial charge in [0.15, 0.2) is 0 Å².